The first-order chi connectivity index (χ1) is 12.3. The molecule has 0 aliphatic carbocycles. The maximum atomic E-state index is 11.2. The predicted molar refractivity (Wildman–Crippen MR) is 98.7 cm³/mol. The van der Waals surface area contributed by atoms with Crippen LogP contribution in [0, 0.1) is 0 Å². The summed E-state index contributed by atoms with van der Waals surface area (Å²) in [6.07, 6.45) is 0. The van der Waals surface area contributed by atoms with E-state index in [-0.39, 0.29) is 11.0 Å². The van der Waals surface area contributed by atoms with Crippen LogP contribution in [0.3, 0.4) is 0 Å². The van der Waals surface area contributed by atoms with Crippen molar-refractivity contribution in [1.29, 1.82) is 0 Å². The second-order valence-corrected chi connectivity index (χ2v) is 7.09. The molecule has 2 aliphatic rings. The van der Waals surface area contributed by atoms with Gasteiger partial charge in [-0.05, 0) is 35.3 Å². The number of hydrogen-bond acceptors (Lipinski definition) is 5. The number of ether oxygens (including phenoxy) is 1. The maximum absolute atomic E-state index is 11.2. The summed E-state index contributed by atoms with van der Waals surface area (Å²) in [5.41, 5.74) is 4.84. The van der Waals surface area contributed by atoms with E-state index in [4.69, 9.17) is 4.74 Å². The number of carboxylic acid groups (broad SMARTS) is 1. The smallest absolute Gasteiger partial charge is 0.488 e. The molecule has 0 bridgehead atoms. The molecule has 0 saturated heterocycles. The zero-order valence-electron chi connectivity index (χ0n) is 14.4. The summed E-state index contributed by atoms with van der Waals surface area (Å²) in [6.45, 7) is 4.46. The molecule has 0 spiro atoms. The SMILES string of the molecule is CC1(C)C2=C(Nc3ccc(B(O)O)cc31)c1ccc(C(=O)O)cc1OC2. The average Bonchev–Trinajstić information content (AvgIpc) is 2.60. The van der Waals surface area contributed by atoms with Gasteiger partial charge in [0.05, 0.1) is 11.3 Å². The molecule has 0 fully saturated rings. The third-order valence-electron chi connectivity index (χ3n) is 5.20. The Balaban J connectivity index is 1.85. The van der Waals surface area contributed by atoms with Gasteiger partial charge in [-0.25, -0.2) is 4.79 Å². The molecular formula is C19H18BNO5. The largest absolute Gasteiger partial charge is 0.488 e. The summed E-state index contributed by atoms with van der Waals surface area (Å²) in [5.74, 6) is -0.452. The molecule has 0 radical (unpaired) electrons. The van der Waals surface area contributed by atoms with Crippen LogP contribution in [0.5, 0.6) is 5.75 Å². The Morgan fingerprint density at radius 2 is 1.96 bits per heavy atom. The third-order valence-corrected chi connectivity index (χ3v) is 5.20. The molecule has 6 nitrogen and oxygen atoms in total. The third kappa shape index (κ3) is 2.40. The minimum atomic E-state index is -1.52. The van der Waals surface area contributed by atoms with Gasteiger partial charge in [0.15, 0.2) is 0 Å². The number of benzene rings is 2. The maximum Gasteiger partial charge on any atom is 0.488 e. The number of aromatic carboxylic acids is 1. The fourth-order valence-corrected chi connectivity index (χ4v) is 3.65. The van der Waals surface area contributed by atoms with E-state index in [0.717, 1.165) is 28.1 Å². The van der Waals surface area contributed by atoms with Gasteiger partial charge in [-0.3, -0.25) is 0 Å². The molecular weight excluding hydrogens is 333 g/mol. The van der Waals surface area contributed by atoms with Crippen molar-refractivity contribution < 1.29 is 24.7 Å². The van der Waals surface area contributed by atoms with E-state index in [1.165, 1.54) is 6.07 Å². The molecule has 132 valence electrons. The number of anilines is 1. The lowest BCUT2D eigenvalue weighted by Crippen LogP contribution is -2.37. The van der Waals surface area contributed by atoms with Gasteiger partial charge in [-0.1, -0.05) is 26.0 Å². The van der Waals surface area contributed by atoms with Gasteiger partial charge in [-0.2, -0.15) is 0 Å². The topological polar surface area (TPSA) is 99.0 Å². The van der Waals surface area contributed by atoms with E-state index in [2.05, 4.69) is 19.2 Å². The second kappa shape index (κ2) is 5.62. The molecule has 2 aromatic carbocycles. The summed E-state index contributed by atoms with van der Waals surface area (Å²) < 4.78 is 5.85. The van der Waals surface area contributed by atoms with E-state index in [1.54, 1.807) is 24.3 Å². The van der Waals surface area contributed by atoms with Crippen LogP contribution in [0.2, 0.25) is 0 Å². The first-order valence-corrected chi connectivity index (χ1v) is 8.31. The van der Waals surface area contributed by atoms with Gasteiger partial charge in [0, 0.05) is 22.2 Å². The van der Waals surface area contributed by atoms with Crippen molar-refractivity contribution in [3.05, 3.63) is 58.7 Å². The van der Waals surface area contributed by atoms with Crippen LogP contribution >= 0.6 is 0 Å². The number of fused-ring (bicyclic) bond motifs is 3. The van der Waals surface area contributed by atoms with Crippen LogP contribution in [0.15, 0.2) is 42.0 Å². The van der Waals surface area contributed by atoms with Crippen molar-refractivity contribution in [3.8, 4) is 5.75 Å². The molecule has 2 aliphatic heterocycles. The highest BCUT2D eigenvalue weighted by Crippen LogP contribution is 2.48. The lowest BCUT2D eigenvalue weighted by atomic mass is 9.69. The second-order valence-electron chi connectivity index (χ2n) is 7.09. The average molecular weight is 351 g/mol. The Bertz CT molecular complexity index is 964. The molecule has 0 saturated carbocycles. The first-order valence-electron chi connectivity index (χ1n) is 8.31. The number of nitrogens with one attached hydrogen (secondary N) is 1. The van der Waals surface area contributed by atoms with E-state index in [1.807, 2.05) is 6.07 Å². The highest BCUT2D eigenvalue weighted by molar-refractivity contribution is 6.58. The number of carbonyl (C=O) groups is 1. The number of carboxylic acids is 1. The van der Waals surface area contributed by atoms with Crippen LogP contribution in [-0.2, 0) is 5.41 Å². The fourth-order valence-electron chi connectivity index (χ4n) is 3.65. The quantitative estimate of drug-likeness (QED) is 0.613. The number of hydrogen-bond donors (Lipinski definition) is 4. The highest BCUT2D eigenvalue weighted by Gasteiger charge is 2.38. The Labute approximate surface area is 150 Å². The van der Waals surface area contributed by atoms with Crippen LogP contribution in [0.1, 0.15) is 35.3 Å². The summed E-state index contributed by atoms with van der Waals surface area (Å²) in [4.78, 5) is 11.2. The Hall–Kier alpha value is -2.77. The molecule has 0 unspecified atom stereocenters. The molecule has 0 amide bonds. The van der Waals surface area contributed by atoms with Gasteiger partial charge in [0.1, 0.15) is 12.4 Å². The highest BCUT2D eigenvalue weighted by atomic mass is 16.5. The summed E-state index contributed by atoms with van der Waals surface area (Å²) >= 11 is 0. The van der Waals surface area contributed by atoms with Crippen LogP contribution in [-0.4, -0.2) is 34.8 Å². The monoisotopic (exact) mass is 351 g/mol. The molecule has 2 aromatic rings. The summed E-state index contributed by atoms with van der Waals surface area (Å²) in [7, 11) is -1.52. The van der Waals surface area contributed by atoms with Gasteiger partial charge >= 0.3 is 13.1 Å². The zero-order chi connectivity index (χ0) is 18.6. The van der Waals surface area contributed by atoms with Crippen molar-refractivity contribution in [3.63, 3.8) is 0 Å². The van der Waals surface area contributed by atoms with Gasteiger partial charge in [0.25, 0.3) is 0 Å². The van der Waals surface area contributed by atoms with Gasteiger partial charge < -0.3 is 25.2 Å². The van der Waals surface area contributed by atoms with E-state index < -0.39 is 13.1 Å². The number of rotatable bonds is 2. The summed E-state index contributed by atoms with van der Waals surface area (Å²) in [5, 5.41) is 31.6. The normalized spacial score (nSPS) is 16.6. The predicted octanol–water partition coefficient (Wildman–Crippen LogP) is 1.57. The zero-order valence-corrected chi connectivity index (χ0v) is 14.4. The minimum absolute atomic E-state index is 0.185. The molecule has 26 heavy (non-hydrogen) atoms. The standard InChI is InChI=1S/C19H18BNO5/c1-19(2)13-8-11(20(24)25)4-6-15(13)21-17-12-5-3-10(18(22)23)7-16(12)26-9-14(17)19/h3-8,21,24-25H,9H2,1-2H3,(H,22,23). The molecule has 4 rings (SSSR count). The van der Waals surface area contributed by atoms with E-state index >= 15 is 0 Å². The Morgan fingerprint density at radius 3 is 2.65 bits per heavy atom. The van der Waals surface area contributed by atoms with Crippen molar-refractivity contribution >= 4 is 29.9 Å². The van der Waals surface area contributed by atoms with E-state index in [9.17, 15) is 19.9 Å². The molecule has 2 heterocycles. The van der Waals surface area contributed by atoms with Crippen LogP contribution < -0.4 is 15.5 Å². The molecule has 0 aromatic heterocycles. The lowest BCUT2D eigenvalue weighted by Gasteiger charge is -2.40. The van der Waals surface area contributed by atoms with Crippen LogP contribution in [0.25, 0.3) is 5.70 Å². The first kappa shape index (κ1) is 16.7. The van der Waals surface area contributed by atoms with E-state index in [0.29, 0.717) is 17.8 Å². The lowest BCUT2D eigenvalue weighted by molar-refractivity contribution is 0.0696. The van der Waals surface area contributed by atoms with Crippen molar-refractivity contribution in [2.75, 3.05) is 11.9 Å². The van der Waals surface area contributed by atoms with Crippen molar-refractivity contribution in [2.45, 2.75) is 19.3 Å². The van der Waals surface area contributed by atoms with Crippen LogP contribution in [0.4, 0.5) is 5.69 Å². The Morgan fingerprint density at radius 1 is 1.19 bits per heavy atom. The summed E-state index contributed by atoms with van der Waals surface area (Å²) in [6, 6.07) is 10.2. The molecule has 7 heteroatoms. The van der Waals surface area contributed by atoms with Crippen molar-refractivity contribution in [1.82, 2.24) is 0 Å². The minimum Gasteiger partial charge on any atom is -0.488 e. The fraction of sp³-hybridized carbons (Fsp3) is 0.211. The van der Waals surface area contributed by atoms with Crippen molar-refractivity contribution in [2.24, 2.45) is 0 Å². The van der Waals surface area contributed by atoms with Gasteiger partial charge in [0.2, 0.25) is 0 Å². The molecule has 4 N–H and O–H groups in total. The Kier molecular flexibility index (Phi) is 3.61. The van der Waals surface area contributed by atoms with Gasteiger partial charge in [-0.15, -0.1) is 0 Å². The molecule has 0 atom stereocenters.